The topological polar surface area (TPSA) is 17.0 Å². The van der Waals surface area contributed by atoms with E-state index >= 15 is 0 Å². The Morgan fingerprint density at radius 1 is 1.25 bits per heavy atom. The van der Waals surface area contributed by atoms with Crippen LogP contribution < -0.4 is 5.32 Å². The second-order valence-electron chi connectivity index (χ2n) is 3.74. The number of fused-ring (bicyclic) bond motifs is 1. The summed E-state index contributed by atoms with van der Waals surface area (Å²) in [5.74, 6) is 0. The van der Waals surface area contributed by atoms with Gasteiger partial charge in [0.1, 0.15) is 0 Å². The fourth-order valence-corrected chi connectivity index (χ4v) is 2.10. The van der Waals surface area contributed by atoms with Gasteiger partial charge in [-0.05, 0) is 24.3 Å². The molecule has 1 aliphatic heterocycles. The van der Waals surface area contributed by atoms with E-state index in [0.29, 0.717) is 6.04 Å². The van der Waals surface area contributed by atoms with Gasteiger partial charge in [-0.2, -0.15) is 0 Å². The molecule has 1 N–H and O–H groups in total. The van der Waals surface area contributed by atoms with Crippen LogP contribution in [0.25, 0.3) is 10.9 Å². The van der Waals surface area contributed by atoms with Gasteiger partial charge in [0, 0.05) is 35.2 Å². The van der Waals surface area contributed by atoms with Crippen LogP contribution in [-0.2, 0) is 0 Å². The van der Waals surface area contributed by atoms with Crippen LogP contribution in [0.3, 0.4) is 0 Å². The van der Waals surface area contributed by atoms with Gasteiger partial charge in [0.15, 0.2) is 0 Å². The Morgan fingerprint density at radius 2 is 2.00 bits per heavy atom. The van der Waals surface area contributed by atoms with Crippen LogP contribution in [-0.4, -0.2) is 17.7 Å². The number of nitrogens with one attached hydrogen (secondary N) is 1. The average Bonchev–Trinajstić information content (AvgIpc) is 2.62. The van der Waals surface area contributed by atoms with Crippen LogP contribution >= 0.6 is 11.6 Å². The van der Waals surface area contributed by atoms with E-state index < -0.39 is 0 Å². The lowest BCUT2D eigenvalue weighted by molar-refractivity contribution is 0.352. The van der Waals surface area contributed by atoms with Gasteiger partial charge in [-0.3, -0.25) is 0 Å². The third kappa shape index (κ3) is 1.95. The summed E-state index contributed by atoms with van der Waals surface area (Å²) in [4.78, 5) is 0. The molecule has 2 heterocycles. The van der Waals surface area contributed by atoms with Crippen molar-refractivity contribution >= 4 is 22.5 Å². The summed E-state index contributed by atoms with van der Waals surface area (Å²) >= 11 is 5.93. The Hall–Kier alpha value is -0.990. The maximum Gasteiger partial charge on any atom is 0.0585 e. The highest BCUT2D eigenvalue weighted by atomic mass is 35.5. The lowest BCUT2D eigenvalue weighted by atomic mass is 10.1. The number of aromatic nitrogens is 1. The number of nitrogens with zero attached hydrogens (tertiary/aromatic N) is 1. The molecule has 3 rings (SSSR count). The number of rotatable bonds is 1. The molecule has 1 saturated heterocycles. The number of hydrogen-bond acceptors (Lipinski definition) is 1. The molecule has 0 spiro atoms. The Balaban J connectivity index is 0.000000457. The standard InChI is InChI=1S/C11H11ClN2.C2H6/c12-9-1-2-11-8(5-9)3-4-14(11)10-6-13-7-10;1-2/h1-5,10,13H,6-7H2;1-2H3. The second-order valence-corrected chi connectivity index (χ2v) is 4.17. The van der Waals surface area contributed by atoms with Gasteiger partial charge in [0.2, 0.25) is 0 Å². The minimum atomic E-state index is 0.619. The molecule has 0 saturated carbocycles. The molecule has 1 aromatic heterocycles. The van der Waals surface area contributed by atoms with E-state index in [2.05, 4.69) is 28.2 Å². The molecule has 2 nitrogen and oxygen atoms in total. The molecule has 16 heavy (non-hydrogen) atoms. The molecule has 0 unspecified atom stereocenters. The molecule has 1 fully saturated rings. The van der Waals surface area contributed by atoms with E-state index in [0.717, 1.165) is 18.1 Å². The van der Waals surface area contributed by atoms with Crippen molar-refractivity contribution in [2.24, 2.45) is 0 Å². The van der Waals surface area contributed by atoms with Crippen molar-refractivity contribution < 1.29 is 0 Å². The van der Waals surface area contributed by atoms with Crippen molar-refractivity contribution in [3.8, 4) is 0 Å². The summed E-state index contributed by atoms with van der Waals surface area (Å²) in [6.07, 6.45) is 2.15. The van der Waals surface area contributed by atoms with E-state index in [4.69, 9.17) is 11.6 Å². The third-order valence-corrected chi connectivity index (χ3v) is 3.07. The fourth-order valence-electron chi connectivity index (χ4n) is 1.92. The van der Waals surface area contributed by atoms with E-state index in [1.165, 1.54) is 10.9 Å². The molecule has 1 aromatic carbocycles. The van der Waals surface area contributed by atoms with E-state index in [-0.39, 0.29) is 0 Å². The Bertz CT molecular complexity index is 472. The maximum atomic E-state index is 5.93. The first kappa shape index (κ1) is 11.5. The Morgan fingerprint density at radius 3 is 2.62 bits per heavy atom. The molecule has 86 valence electrons. The monoisotopic (exact) mass is 236 g/mol. The third-order valence-electron chi connectivity index (χ3n) is 2.84. The van der Waals surface area contributed by atoms with Gasteiger partial charge in [-0.1, -0.05) is 25.4 Å². The fraction of sp³-hybridized carbons (Fsp3) is 0.385. The normalized spacial score (nSPS) is 15.4. The van der Waals surface area contributed by atoms with E-state index in [1.807, 2.05) is 26.0 Å². The van der Waals surface area contributed by atoms with Gasteiger partial charge in [0.25, 0.3) is 0 Å². The molecule has 0 bridgehead atoms. The van der Waals surface area contributed by atoms with Crippen LogP contribution in [0.15, 0.2) is 30.5 Å². The first-order valence-electron chi connectivity index (χ1n) is 5.81. The van der Waals surface area contributed by atoms with Crippen LogP contribution in [0, 0.1) is 0 Å². The molecule has 0 aliphatic carbocycles. The summed E-state index contributed by atoms with van der Waals surface area (Å²) in [7, 11) is 0. The molecule has 2 aromatic rings. The molecule has 0 amide bonds. The first-order chi connectivity index (χ1) is 7.84. The van der Waals surface area contributed by atoms with E-state index in [1.54, 1.807) is 0 Å². The molecule has 0 radical (unpaired) electrons. The molecular formula is C13H17ClN2. The summed E-state index contributed by atoms with van der Waals surface area (Å²) in [5, 5.41) is 5.31. The summed E-state index contributed by atoms with van der Waals surface area (Å²) in [5.41, 5.74) is 1.28. The quantitative estimate of drug-likeness (QED) is 0.803. The minimum Gasteiger partial charge on any atom is -0.342 e. The highest BCUT2D eigenvalue weighted by molar-refractivity contribution is 6.31. The molecule has 0 atom stereocenters. The maximum absolute atomic E-state index is 5.93. The largest absolute Gasteiger partial charge is 0.342 e. The minimum absolute atomic E-state index is 0.619. The Kier molecular flexibility index (Phi) is 3.52. The zero-order chi connectivity index (χ0) is 11.5. The zero-order valence-corrected chi connectivity index (χ0v) is 10.5. The van der Waals surface area contributed by atoms with Crippen molar-refractivity contribution in [3.63, 3.8) is 0 Å². The van der Waals surface area contributed by atoms with E-state index in [9.17, 15) is 0 Å². The van der Waals surface area contributed by atoms with Gasteiger partial charge in [-0.25, -0.2) is 0 Å². The Labute approximate surface area is 101 Å². The second kappa shape index (κ2) is 4.89. The van der Waals surface area contributed by atoms with Gasteiger partial charge < -0.3 is 9.88 Å². The summed E-state index contributed by atoms with van der Waals surface area (Å²) in [6, 6.07) is 8.80. The van der Waals surface area contributed by atoms with Crippen molar-refractivity contribution in [2.75, 3.05) is 13.1 Å². The summed E-state index contributed by atoms with van der Waals surface area (Å²) in [6.45, 7) is 6.15. The highest BCUT2D eigenvalue weighted by Crippen LogP contribution is 2.24. The van der Waals surface area contributed by atoms with Crippen LogP contribution in [0.5, 0.6) is 0 Å². The summed E-state index contributed by atoms with van der Waals surface area (Å²) < 4.78 is 2.32. The van der Waals surface area contributed by atoms with Crippen molar-refractivity contribution in [2.45, 2.75) is 19.9 Å². The zero-order valence-electron chi connectivity index (χ0n) is 9.70. The van der Waals surface area contributed by atoms with Crippen LogP contribution in [0.2, 0.25) is 5.02 Å². The van der Waals surface area contributed by atoms with Crippen molar-refractivity contribution in [1.82, 2.24) is 9.88 Å². The van der Waals surface area contributed by atoms with Gasteiger partial charge in [-0.15, -0.1) is 0 Å². The molecular weight excluding hydrogens is 220 g/mol. The average molecular weight is 237 g/mol. The van der Waals surface area contributed by atoms with Gasteiger partial charge in [0.05, 0.1) is 6.04 Å². The molecule has 3 heteroatoms. The SMILES string of the molecule is CC.Clc1ccc2c(ccn2C2CNC2)c1. The van der Waals surface area contributed by atoms with Crippen molar-refractivity contribution in [3.05, 3.63) is 35.5 Å². The first-order valence-corrected chi connectivity index (χ1v) is 6.19. The number of hydrogen-bond donors (Lipinski definition) is 1. The van der Waals surface area contributed by atoms with Crippen LogP contribution in [0.4, 0.5) is 0 Å². The predicted molar refractivity (Wildman–Crippen MR) is 70.2 cm³/mol. The number of benzene rings is 1. The van der Waals surface area contributed by atoms with Gasteiger partial charge >= 0.3 is 0 Å². The van der Waals surface area contributed by atoms with Crippen molar-refractivity contribution in [1.29, 1.82) is 0 Å². The lowest BCUT2D eigenvalue weighted by Crippen LogP contribution is -2.43. The lowest BCUT2D eigenvalue weighted by Gasteiger charge is -2.29. The van der Waals surface area contributed by atoms with Crippen LogP contribution in [0.1, 0.15) is 19.9 Å². The smallest absolute Gasteiger partial charge is 0.0585 e. The number of halogens is 1. The highest BCUT2D eigenvalue weighted by Gasteiger charge is 2.19. The predicted octanol–water partition coefficient (Wildman–Crippen LogP) is 3.47. The molecule has 1 aliphatic rings.